The largest absolute Gasteiger partial charge is 0.493 e. The fraction of sp³-hybridized carbons (Fsp3) is 0.800. The highest BCUT2D eigenvalue weighted by atomic mass is 16.5. The van der Waals surface area contributed by atoms with Crippen molar-refractivity contribution < 1.29 is 9.47 Å². The average molecular weight is 296 g/mol. The van der Waals surface area contributed by atoms with Gasteiger partial charge in [0.2, 0.25) is 0 Å². The molecule has 1 saturated carbocycles. The summed E-state index contributed by atoms with van der Waals surface area (Å²) in [6, 6.07) is -0.136. The van der Waals surface area contributed by atoms with Gasteiger partial charge in [-0.15, -0.1) is 0 Å². The molecule has 1 fully saturated rings. The van der Waals surface area contributed by atoms with Gasteiger partial charge >= 0.3 is 0 Å². The summed E-state index contributed by atoms with van der Waals surface area (Å²) >= 11 is 0. The number of nitrogens with one attached hydrogen (secondary N) is 1. The van der Waals surface area contributed by atoms with Gasteiger partial charge in [0.25, 0.3) is 0 Å². The first-order valence-electron chi connectivity index (χ1n) is 7.72. The van der Waals surface area contributed by atoms with Gasteiger partial charge in [-0.3, -0.25) is 10.5 Å². The van der Waals surface area contributed by atoms with Crippen LogP contribution in [0.4, 0.5) is 0 Å². The fourth-order valence-corrected chi connectivity index (χ4v) is 3.67. The number of aryl methyl sites for hydroxylation is 1. The molecule has 0 saturated heterocycles. The number of aromatic nitrogens is 2. The molecule has 120 valence electrons. The smallest absolute Gasteiger partial charge is 0.161 e. The quantitative estimate of drug-likeness (QED) is 0.620. The lowest BCUT2D eigenvalue weighted by atomic mass is 9.73. The molecule has 2 rings (SSSR count). The second-order valence-corrected chi connectivity index (χ2v) is 5.98. The van der Waals surface area contributed by atoms with Gasteiger partial charge in [-0.2, -0.15) is 5.10 Å². The summed E-state index contributed by atoms with van der Waals surface area (Å²) in [4.78, 5) is 0. The van der Waals surface area contributed by atoms with Crippen molar-refractivity contribution in [3.05, 3.63) is 11.9 Å². The van der Waals surface area contributed by atoms with E-state index in [4.69, 9.17) is 15.3 Å². The molecule has 0 bridgehead atoms. The van der Waals surface area contributed by atoms with Crippen LogP contribution < -0.4 is 16.0 Å². The van der Waals surface area contributed by atoms with E-state index < -0.39 is 0 Å². The zero-order valence-corrected chi connectivity index (χ0v) is 13.6. The third kappa shape index (κ3) is 2.93. The van der Waals surface area contributed by atoms with Crippen LogP contribution in [-0.4, -0.2) is 29.6 Å². The lowest BCUT2D eigenvalue weighted by molar-refractivity contribution is -0.0828. The van der Waals surface area contributed by atoms with E-state index in [-0.39, 0.29) is 11.6 Å². The van der Waals surface area contributed by atoms with Crippen molar-refractivity contribution in [2.75, 3.05) is 14.2 Å². The van der Waals surface area contributed by atoms with Gasteiger partial charge in [0.1, 0.15) is 5.69 Å². The molecule has 3 unspecified atom stereocenters. The zero-order valence-electron chi connectivity index (χ0n) is 13.6. The summed E-state index contributed by atoms with van der Waals surface area (Å²) in [6.45, 7) is 5.10. The molecule has 1 aromatic rings. The SMILES string of the molecule is CCn1ncc(OC)c1C(NN)C1(OC)CCCC(C)C1. The predicted molar refractivity (Wildman–Crippen MR) is 81.9 cm³/mol. The summed E-state index contributed by atoms with van der Waals surface area (Å²) in [7, 11) is 3.44. The van der Waals surface area contributed by atoms with Gasteiger partial charge in [0.15, 0.2) is 5.75 Å². The molecule has 3 atom stereocenters. The minimum Gasteiger partial charge on any atom is -0.493 e. The Morgan fingerprint density at radius 1 is 1.57 bits per heavy atom. The predicted octanol–water partition coefficient (Wildman–Crippen LogP) is 2.01. The van der Waals surface area contributed by atoms with Gasteiger partial charge < -0.3 is 9.47 Å². The average Bonchev–Trinajstić information content (AvgIpc) is 2.91. The van der Waals surface area contributed by atoms with Crippen LogP contribution in [0.25, 0.3) is 0 Å². The van der Waals surface area contributed by atoms with E-state index in [0.717, 1.165) is 37.3 Å². The molecule has 1 aromatic heterocycles. The highest BCUT2D eigenvalue weighted by molar-refractivity contribution is 5.31. The summed E-state index contributed by atoms with van der Waals surface area (Å²) < 4.78 is 13.4. The maximum absolute atomic E-state index is 5.99. The first-order chi connectivity index (χ1) is 10.1. The molecular formula is C15H28N4O2. The second kappa shape index (κ2) is 6.77. The van der Waals surface area contributed by atoms with E-state index >= 15 is 0 Å². The highest BCUT2D eigenvalue weighted by Crippen LogP contribution is 2.44. The highest BCUT2D eigenvalue weighted by Gasteiger charge is 2.45. The molecule has 6 nitrogen and oxygen atoms in total. The minimum absolute atomic E-state index is 0.136. The monoisotopic (exact) mass is 296 g/mol. The minimum atomic E-state index is -0.313. The van der Waals surface area contributed by atoms with E-state index in [1.165, 1.54) is 6.42 Å². The maximum Gasteiger partial charge on any atom is 0.161 e. The topological polar surface area (TPSA) is 74.3 Å². The molecule has 0 aromatic carbocycles. The Balaban J connectivity index is 2.44. The van der Waals surface area contributed by atoms with Crippen molar-refractivity contribution >= 4 is 0 Å². The van der Waals surface area contributed by atoms with E-state index in [1.807, 2.05) is 4.68 Å². The number of rotatable bonds is 6. The second-order valence-electron chi connectivity index (χ2n) is 5.98. The molecule has 3 N–H and O–H groups in total. The third-order valence-corrected chi connectivity index (χ3v) is 4.73. The van der Waals surface area contributed by atoms with Crippen LogP contribution >= 0.6 is 0 Å². The molecule has 0 spiro atoms. The third-order valence-electron chi connectivity index (χ3n) is 4.73. The zero-order chi connectivity index (χ0) is 15.5. The standard InChI is InChI=1S/C15H28N4O2/c1-5-19-13(12(20-3)10-17-19)14(18-16)15(21-4)8-6-7-11(2)9-15/h10-11,14,18H,5-9,16H2,1-4H3. The van der Waals surface area contributed by atoms with Gasteiger partial charge in [-0.25, -0.2) is 5.43 Å². The number of hydrogen-bond donors (Lipinski definition) is 2. The van der Waals surface area contributed by atoms with Crippen LogP contribution in [0.15, 0.2) is 6.20 Å². The number of hydrazine groups is 1. The van der Waals surface area contributed by atoms with Crippen LogP contribution in [0.1, 0.15) is 51.3 Å². The molecule has 21 heavy (non-hydrogen) atoms. The fourth-order valence-electron chi connectivity index (χ4n) is 3.67. The summed E-state index contributed by atoms with van der Waals surface area (Å²) in [5.41, 5.74) is 3.63. The summed E-state index contributed by atoms with van der Waals surface area (Å²) in [5.74, 6) is 7.30. The lowest BCUT2D eigenvalue weighted by Gasteiger charge is -2.44. The number of ether oxygens (including phenoxy) is 2. The van der Waals surface area contributed by atoms with Crippen molar-refractivity contribution in [3.63, 3.8) is 0 Å². The van der Waals surface area contributed by atoms with E-state index in [0.29, 0.717) is 5.92 Å². The Morgan fingerprint density at radius 2 is 2.33 bits per heavy atom. The van der Waals surface area contributed by atoms with Crippen LogP contribution in [-0.2, 0) is 11.3 Å². The molecule has 0 aliphatic heterocycles. The Bertz CT molecular complexity index is 441. The van der Waals surface area contributed by atoms with Gasteiger partial charge in [-0.1, -0.05) is 19.8 Å². The number of nitrogens with two attached hydrogens (primary N) is 1. The van der Waals surface area contributed by atoms with Crippen molar-refractivity contribution in [2.45, 2.75) is 57.7 Å². The van der Waals surface area contributed by atoms with Gasteiger partial charge in [-0.05, 0) is 25.7 Å². The van der Waals surface area contributed by atoms with E-state index in [2.05, 4.69) is 24.4 Å². The molecule has 6 heteroatoms. The van der Waals surface area contributed by atoms with Crippen LogP contribution in [0.5, 0.6) is 5.75 Å². The molecule has 1 heterocycles. The maximum atomic E-state index is 5.99. The molecule has 0 amide bonds. The van der Waals surface area contributed by atoms with Crippen molar-refractivity contribution in [1.82, 2.24) is 15.2 Å². The molecular weight excluding hydrogens is 268 g/mol. The molecule has 0 radical (unpaired) electrons. The first-order valence-corrected chi connectivity index (χ1v) is 7.72. The van der Waals surface area contributed by atoms with Crippen LogP contribution in [0, 0.1) is 5.92 Å². The summed E-state index contributed by atoms with van der Waals surface area (Å²) in [5, 5.41) is 4.39. The van der Waals surface area contributed by atoms with Crippen molar-refractivity contribution in [3.8, 4) is 5.75 Å². The molecule has 1 aliphatic rings. The van der Waals surface area contributed by atoms with Crippen LogP contribution in [0.3, 0.4) is 0 Å². The van der Waals surface area contributed by atoms with Crippen molar-refractivity contribution in [2.24, 2.45) is 11.8 Å². The normalized spacial score (nSPS) is 27.6. The number of nitrogens with zero attached hydrogens (tertiary/aromatic N) is 2. The van der Waals surface area contributed by atoms with Gasteiger partial charge in [0, 0.05) is 13.7 Å². The van der Waals surface area contributed by atoms with E-state index in [9.17, 15) is 0 Å². The van der Waals surface area contributed by atoms with Crippen LogP contribution in [0.2, 0.25) is 0 Å². The Kier molecular flexibility index (Phi) is 5.24. The summed E-state index contributed by atoms with van der Waals surface area (Å²) in [6.07, 6.45) is 6.11. The number of hydrogen-bond acceptors (Lipinski definition) is 5. The Labute approximate surface area is 126 Å². The Morgan fingerprint density at radius 3 is 2.86 bits per heavy atom. The number of methoxy groups -OCH3 is 2. The van der Waals surface area contributed by atoms with Crippen molar-refractivity contribution in [1.29, 1.82) is 0 Å². The molecule has 1 aliphatic carbocycles. The van der Waals surface area contributed by atoms with Gasteiger partial charge in [0.05, 0.1) is 24.9 Å². The van der Waals surface area contributed by atoms with E-state index in [1.54, 1.807) is 20.4 Å². The lowest BCUT2D eigenvalue weighted by Crippen LogP contribution is -2.51. The first kappa shape index (κ1) is 16.3. The Hall–Kier alpha value is -1.11.